The molecule has 1 aromatic carbocycles. The summed E-state index contributed by atoms with van der Waals surface area (Å²) < 4.78 is 0. The van der Waals surface area contributed by atoms with Gasteiger partial charge in [-0.3, -0.25) is 19.4 Å². The molecule has 0 spiro atoms. The predicted octanol–water partition coefficient (Wildman–Crippen LogP) is 1.17. The Balaban J connectivity index is 2.09. The number of hydrogen-bond donors (Lipinski definition) is 3. The normalized spacial score (nSPS) is 11.8. The van der Waals surface area contributed by atoms with Crippen molar-refractivity contribution in [2.45, 2.75) is 30.5 Å². The summed E-state index contributed by atoms with van der Waals surface area (Å²) in [7, 11) is 0. The molecular formula is C15H16N4O4S. The average molecular weight is 348 g/mol. The number of nitrogens with one attached hydrogen (secondary N) is 3. The number of H-pyrrole nitrogens is 2. The zero-order chi connectivity index (χ0) is 17.7. The molecule has 1 aromatic heterocycles. The summed E-state index contributed by atoms with van der Waals surface area (Å²) >= 11 is 0.968. The third kappa shape index (κ3) is 4.42. The Morgan fingerprint density at radius 2 is 1.92 bits per heavy atom. The van der Waals surface area contributed by atoms with Crippen molar-refractivity contribution in [1.29, 1.82) is 0 Å². The average Bonchev–Trinajstić information content (AvgIpc) is 2.54. The highest BCUT2D eigenvalue weighted by Gasteiger charge is 2.20. The van der Waals surface area contributed by atoms with Gasteiger partial charge in [0.25, 0.3) is 5.56 Å². The first-order valence-electron chi connectivity index (χ1n) is 7.18. The van der Waals surface area contributed by atoms with Gasteiger partial charge in [0.15, 0.2) is 10.8 Å². The molecule has 0 bridgehead atoms. The zero-order valence-corrected chi connectivity index (χ0v) is 13.9. The summed E-state index contributed by atoms with van der Waals surface area (Å²) in [5.41, 5.74) is -0.237. The molecule has 3 N–H and O–H groups in total. The van der Waals surface area contributed by atoms with Crippen LogP contribution in [-0.2, 0) is 4.79 Å². The minimum Gasteiger partial charge on any atom is -0.325 e. The molecule has 1 amide bonds. The lowest BCUT2D eigenvalue weighted by Gasteiger charge is -2.13. The number of rotatable bonds is 6. The number of anilines is 1. The summed E-state index contributed by atoms with van der Waals surface area (Å²) in [6, 6.07) is 6.52. The highest BCUT2D eigenvalue weighted by Crippen LogP contribution is 2.22. The van der Waals surface area contributed by atoms with Crippen LogP contribution >= 0.6 is 11.8 Å². The van der Waals surface area contributed by atoms with Gasteiger partial charge in [-0.25, -0.2) is 9.89 Å². The molecule has 1 unspecified atom stereocenters. The largest absolute Gasteiger partial charge is 0.342 e. The fourth-order valence-electron chi connectivity index (χ4n) is 1.88. The van der Waals surface area contributed by atoms with Crippen LogP contribution in [0.1, 0.15) is 30.6 Å². The number of benzene rings is 1. The monoisotopic (exact) mass is 348 g/mol. The summed E-state index contributed by atoms with van der Waals surface area (Å²) in [5.74, 6) is -0.358. The molecule has 0 saturated carbocycles. The number of Topliss-reactive ketones (excluding diaryl/α,β-unsaturated/α-hetero) is 1. The minimum atomic E-state index is -0.701. The van der Waals surface area contributed by atoms with Crippen LogP contribution in [0.25, 0.3) is 0 Å². The number of amides is 1. The first kappa shape index (κ1) is 17.7. The van der Waals surface area contributed by atoms with E-state index >= 15 is 0 Å². The van der Waals surface area contributed by atoms with E-state index in [4.69, 9.17) is 0 Å². The molecule has 9 heteroatoms. The molecule has 0 aliphatic rings. The maximum atomic E-state index is 12.3. The van der Waals surface area contributed by atoms with Gasteiger partial charge in [-0.15, -0.1) is 0 Å². The smallest absolute Gasteiger partial charge is 0.325 e. The van der Waals surface area contributed by atoms with Gasteiger partial charge in [-0.2, -0.15) is 5.10 Å². The molecule has 0 radical (unpaired) electrons. The second kappa shape index (κ2) is 7.73. The van der Waals surface area contributed by atoms with Gasteiger partial charge in [0.1, 0.15) is 0 Å². The zero-order valence-electron chi connectivity index (χ0n) is 13.1. The van der Waals surface area contributed by atoms with Gasteiger partial charge in [0, 0.05) is 11.3 Å². The second-order valence-corrected chi connectivity index (χ2v) is 6.14. The molecular weight excluding hydrogens is 332 g/mol. The number of carbonyl (C=O) groups is 2. The van der Waals surface area contributed by atoms with Gasteiger partial charge in [-0.05, 0) is 37.6 Å². The number of thioether (sulfide) groups is 1. The van der Waals surface area contributed by atoms with E-state index in [0.717, 1.165) is 11.8 Å². The molecule has 24 heavy (non-hydrogen) atoms. The molecule has 1 atom stereocenters. The molecule has 0 aliphatic carbocycles. The van der Waals surface area contributed by atoms with E-state index < -0.39 is 16.5 Å². The van der Waals surface area contributed by atoms with Crippen LogP contribution in [-0.4, -0.2) is 32.1 Å². The Labute approximate surface area is 141 Å². The van der Waals surface area contributed by atoms with Crippen molar-refractivity contribution < 1.29 is 9.59 Å². The van der Waals surface area contributed by atoms with E-state index in [1.165, 1.54) is 6.92 Å². The lowest BCUT2D eigenvalue weighted by Crippen LogP contribution is -2.29. The molecule has 126 valence electrons. The Bertz CT molecular complexity index is 857. The van der Waals surface area contributed by atoms with Crippen LogP contribution < -0.4 is 16.6 Å². The highest BCUT2D eigenvalue weighted by molar-refractivity contribution is 8.00. The van der Waals surface area contributed by atoms with E-state index in [1.54, 1.807) is 31.2 Å². The maximum absolute atomic E-state index is 12.3. The van der Waals surface area contributed by atoms with Crippen molar-refractivity contribution in [3.05, 3.63) is 50.7 Å². The molecule has 8 nitrogen and oxygen atoms in total. The number of carbonyl (C=O) groups excluding carboxylic acids is 2. The first-order chi connectivity index (χ1) is 11.4. The Morgan fingerprint density at radius 3 is 2.46 bits per heavy atom. The van der Waals surface area contributed by atoms with Gasteiger partial charge >= 0.3 is 5.69 Å². The summed E-state index contributed by atoms with van der Waals surface area (Å²) in [6.07, 6.45) is 0.461. The van der Waals surface area contributed by atoms with Crippen molar-refractivity contribution in [2.75, 3.05) is 5.32 Å². The van der Waals surface area contributed by atoms with Crippen LogP contribution in [0, 0.1) is 0 Å². The summed E-state index contributed by atoms with van der Waals surface area (Å²) in [4.78, 5) is 48.2. The van der Waals surface area contributed by atoms with Gasteiger partial charge in [-0.1, -0.05) is 18.7 Å². The number of hydrogen-bond acceptors (Lipinski definition) is 6. The van der Waals surface area contributed by atoms with Crippen molar-refractivity contribution >= 4 is 29.1 Å². The fourth-order valence-corrected chi connectivity index (χ4v) is 2.74. The third-order valence-electron chi connectivity index (χ3n) is 3.16. The number of nitrogens with zero attached hydrogens (tertiary/aromatic N) is 1. The van der Waals surface area contributed by atoms with Crippen LogP contribution in [0.4, 0.5) is 5.69 Å². The van der Waals surface area contributed by atoms with Crippen LogP contribution in [0.2, 0.25) is 0 Å². The van der Waals surface area contributed by atoms with E-state index in [0.29, 0.717) is 17.7 Å². The number of aromatic amines is 2. The SMILES string of the molecule is CCC(Sc1n[nH]c(=O)[nH]c1=O)C(=O)Nc1ccc(C(C)=O)cc1. The van der Waals surface area contributed by atoms with Crippen LogP contribution in [0.3, 0.4) is 0 Å². The molecule has 0 aliphatic heterocycles. The molecule has 1 heterocycles. The number of ketones is 1. The maximum Gasteiger partial charge on any atom is 0.342 e. The topological polar surface area (TPSA) is 125 Å². The lowest BCUT2D eigenvalue weighted by molar-refractivity contribution is -0.115. The Kier molecular flexibility index (Phi) is 5.69. The molecule has 0 saturated heterocycles. The second-order valence-electron chi connectivity index (χ2n) is 4.95. The first-order valence-corrected chi connectivity index (χ1v) is 8.06. The van der Waals surface area contributed by atoms with Gasteiger partial charge < -0.3 is 5.32 Å². The van der Waals surface area contributed by atoms with Crippen LogP contribution in [0.5, 0.6) is 0 Å². The van der Waals surface area contributed by atoms with Crippen molar-refractivity contribution in [1.82, 2.24) is 15.2 Å². The van der Waals surface area contributed by atoms with Crippen molar-refractivity contribution in [2.24, 2.45) is 0 Å². The minimum absolute atomic E-state index is 0.0172. The van der Waals surface area contributed by atoms with Crippen molar-refractivity contribution in [3.8, 4) is 0 Å². The van der Waals surface area contributed by atoms with Gasteiger partial charge in [0.2, 0.25) is 5.91 Å². The number of aromatic nitrogens is 3. The standard InChI is InChI=1S/C15H16N4O4S/c1-3-11(24-14-13(22)17-15(23)19-18-14)12(21)16-10-6-4-9(5-7-10)8(2)20/h4-7,11H,3H2,1-2H3,(H,16,21)(H2,17,19,22,23). The summed E-state index contributed by atoms with van der Waals surface area (Å²) in [5, 5.41) is 7.97. The van der Waals surface area contributed by atoms with E-state index in [1.807, 2.05) is 0 Å². The van der Waals surface area contributed by atoms with Gasteiger partial charge in [0.05, 0.1) is 5.25 Å². The van der Waals surface area contributed by atoms with Crippen molar-refractivity contribution in [3.63, 3.8) is 0 Å². The summed E-state index contributed by atoms with van der Waals surface area (Å²) in [6.45, 7) is 3.27. The molecule has 2 rings (SSSR count). The van der Waals surface area contributed by atoms with E-state index in [2.05, 4.69) is 20.5 Å². The van der Waals surface area contributed by atoms with Crippen LogP contribution in [0.15, 0.2) is 38.9 Å². The Hall–Kier alpha value is -2.68. The van der Waals surface area contributed by atoms with E-state index in [9.17, 15) is 19.2 Å². The van der Waals surface area contributed by atoms with E-state index in [-0.39, 0.29) is 16.7 Å². The fraction of sp³-hybridized carbons (Fsp3) is 0.267. The molecule has 0 fully saturated rings. The third-order valence-corrected chi connectivity index (χ3v) is 4.49. The quantitative estimate of drug-likeness (QED) is 0.531. The Morgan fingerprint density at radius 1 is 1.25 bits per heavy atom. The highest BCUT2D eigenvalue weighted by atomic mass is 32.2. The lowest BCUT2D eigenvalue weighted by atomic mass is 10.1. The molecule has 2 aromatic rings. The predicted molar refractivity (Wildman–Crippen MR) is 90.5 cm³/mol.